The molecule has 2 aromatic rings. The van der Waals surface area contributed by atoms with E-state index in [1.165, 1.54) is 4.88 Å². The second kappa shape index (κ2) is 6.78. The van der Waals surface area contributed by atoms with Crippen molar-refractivity contribution in [1.29, 1.82) is 0 Å². The third-order valence-electron chi connectivity index (χ3n) is 3.02. The van der Waals surface area contributed by atoms with E-state index in [4.69, 9.17) is 0 Å². The highest BCUT2D eigenvalue weighted by Gasteiger charge is 2.14. The van der Waals surface area contributed by atoms with Crippen molar-refractivity contribution >= 4 is 11.3 Å². The highest BCUT2D eigenvalue weighted by molar-refractivity contribution is 7.09. The molecule has 1 unspecified atom stereocenters. The average molecular weight is 281 g/mol. The summed E-state index contributed by atoms with van der Waals surface area (Å²) in [5.41, 5.74) is 0.433. The molecule has 0 radical (unpaired) electrons. The monoisotopic (exact) mass is 281 g/mol. The van der Waals surface area contributed by atoms with Crippen LogP contribution in [-0.4, -0.2) is 12.6 Å². The fourth-order valence-electron chi connectivity index (χ4n) is 2.15. The number of likely N-dealkylation sites (N-methyl/N-ethyl adjacent to an activating group) is 1. The first-order valence-electron chi connectivity index (χ1n) is 6.39. The first kappa shape index (κ1) is 14.2. The molecule has 4 heteroatoms. The van der Waals surface area contributed by atoms with Crippen molar-refractivity contribution in [1.82, 2.24) is 5.32 Å². The molecular formula is C15H17F2NS. The van der Waals surface area contributed by atoms with E-state index in [0.717, 1.165) is 19.0 Å². The largest absolute Gasteiger partial charge is 0.314 e. The van der Waals surface area contributed by atoms with E-state index in [1.54, 1.807) is 23.5 Å². The zero-order chi connectivity index (χ0) is 13.7. The lowest BCUT2D eigenvalue weighted by atomic mass is 10.0. The summed E-state index contributed by atoms with van der Waals surface area (Å²) in [5.74, 6) is -1.50. The summed E-state index contributed by atoms with van der Waals surface area (Å²) >= 11 is 1.69. The molecule has 1 aromatic carbocycles. The fourth-order valence-corrected chi connectivity index (χ4v) is 2.93. The van der Waals surface area contributed by atoms with Crippen LogP contribution < -0.4 is 5.32 Å². The molecule has 0 saturated carbocycles. The Labute approximate surface area is 116 Å². The van der Waals surface area contributed by atoms with Gasteiger partial charge in [-0.1, -0.05) is 25.1 Å². The van der Waals surface area contributed by atoms with Crippen LogP contribution in [-0.2, 0) is 12.8 Å². The van der Waals surface area contributed by atoms with Gasteiger partial charge in [-0.2, -0.15) is 0 Å². The Morgan fingerprint density at radius 1 is 1.16 bits per heavy atom. The van der Waals surface area contributed by atoms with E-state index in [9.17, 15) is 8.78 Å². The molecule has 0 amide bonds. The van der Waals surface area contributed by atoms with Crippen LogP contribution in [0.15, 0.2) is 35.7 Å². The van der Waals surface area contributed by atoms with Crippen molar-refractivity contribution in [2.45, 2.75) is 25.8 Å². The van der Waals surface area contributed by atoms with Crippen LogP contribution in [0.1, 0.15) is 17.4 Å². The standard InChI is InChI=1S/C15H17F2NS/c1-2-18-12(10-13-6-4-8-19-13)9-11-5-3-7-14(16)15(11)17/h3-8,12,18H,2,9-10H2,1H3. The van der Waals surface area contributed by atoms with Crippen molar-refractivity contribution in [2.75, 3.05) is 6.54 Å². The summed E-state index contributed by atoms with van der Waals surface area (Å²) in [6.07, 6.45) is 1.33. The SMILES string of the molecule is CCNC(Cc1cccs1)Cc1cccc(F)c1F. The van der Waals surface area contributed by atoms with Gasteiger partial charge in [0.2, 0.25) is 0 Å². The Kier molecular flexibility index (Phi) is 5.05. The van der Waals surface area contributed by atoms with E-state index in [2.05, 4.69) is 11.4 Å². The number of halogens is 2. The lowest BCUT2D eigenvalue weighted by Crippen LogP contribution is -2.33. The van der Waals surface area contributed by atoms with Gasteiger partial charge in [-0.15, -0.1) is 11.3 Å². The van der Waals surface area contributed by atoms with Crippen LogP contribution in [0.2, 0.25) is 0 Å². The molecule has 0 spiro atoms. The van der Waals surface area contributed by atoms with Gasteiger partial charge < -0.3 is 5.32 Å². The quantitative estimate of drug-likeness (QED) is 0.849. The predicted octanol–water partition coefficient (Wildman–Crippen LogP) is 3.79. The number of hydrogen-bond acceptors (Lipinski definition) is 2. The zero-order valence-electron chi connectivity index (χ0n) is 10.8. The van der Waals surface area contributed by atoms with Gasteiger partial charge in [0.05, 0.1) is 0 Å². The smallest absolute Gasteiger partial charge is 0.162 e. The van der Waals surface area contributed by atoms with Crippen LogP contribution in [0.3, 0.4) is 0 Å². The molecule has 1 atom stereocenters. The maximum Gasteiger partial charge on any atom is 0.162 e. The van der Waals surface area contributed by atoms with Gasteiger partial charge in [0.25, 0.3) is 0 Å². The highest BCUT2D eigenvalue weighted by Crippen LogP contribution is 2.17. The summed E-state index contributed by atoms with van der Waals surface area (Å²) in [5, 5.41) is 5.36. The summed E-state index contributed by atoms with van der Waals surface area (Å²) < 4.78 is 26.9. The summed E-state index contributed by atoms with van der Waals surface area (Å²) in [6, 6.07) is 8.56. The first-order chi connectivity index (χ1) is 9.20. The third-order valence-corrected chi connectivity index (χ3v) is 3.92. The molecule has 0 fully saturated rings. The molecule has 0 aliphatic rings. The maximum atomic E-state index is 13.7. The molecule has 1 aromatic heterocycles. The molecule has 102 valence electrons. The van der Waals surface area contributed by atoms with Crippen LogP contribution in [0.5, 0.6) is 0 Å². The second-order valence-corrected chi connectivity index (χ2v) is 5.49. The van der Waals surface area contributed by atoms with Gasteiger partial charge in [-0.25, -0.2) is 8.78 Å². The van der Waals surface area contributed by atoms with Gasteiger partial charge in [-0.3, -0.25) is 0 Å². The minimum atomic E-state index is -0.774. The Bertz CT molecular complexity index is 511. The van der Waals surface area contributed by atoms with Crippen molar-refractivity contribution in [3.05, 3.63) is 57.8 Å². The van der Waals surface area contributed by atoms with E-state index < -0.39 is 11.6 Å². The molecule has 2 rings (SSSR count). The van der Waals surface area contributed by atoms with Gasteiger partial charge in [0.15, 0.2) is 11.6 Å². The summed E-state index contributed by atoms with van der Waals surface area (Å²) in [6.45, 7) is 2.83. The lowest BCUT2D eigenvalue weighted by molar-refractivity contribution is 0.475. The van der Waals surface area contributed by atoms with Gasteiger partial charge in [0.1, 0.15) is 0 Å². The van der Waals surface area contributed by atoms with Crippen LogP contribution in [0.4, 0.5) is 8.78 Å². The Balaban J connectivity index is 2.09. The molecule has 0 aliphatic heterocycles. The van der Waals surface area contributed by atoms with Crippen molar-refractivity contribution < 1.29 is 8.78 Å². The third kappa shape index (κ3) is 3.85. The Morgan fingerprint density at radius 3 is 2.68 bits per heavy atom. The van der Waals surface area contributed by atoms with Crippen molar-refractivity contribution in [2.24, 2.45) is 0 Å². The minimum absolute atomic E-state index is 0.125. The van der Waals surface area contributed by atoms with Crippen molar-refractivity contribution in [3.8, 4) is 0 Å². The zero-order valence-corrected chi connectivity index (χ0v) is 11.6. The fraction of sp³-hybridized carbons (Fsp3) is 0.333. The molecule has 1 heterocycles. The maximum absolute atomic E-state index is 13.7. The van der Waals surface area contributed by atoms with Crippen molar-refractivity contribution in [3.63, 3.8) is 0 Å². The number of hydrogen-bond donors (Lipinski definition) is 1. The molecule has 1 nitrogen and oxygen atoms in total. The highest BCUT2D eigenvalue weighted by atomic mass is 32.1. The Morgan fingerprint density at radius 2 is 2.00 bits per heavy atom. The summed E-state index contributed by atoms with van der Waals surface area (Å²) in [7, 11) is 0. The molecule has 19 heavy (non-hydrogen) atoms. The lowest BCUT2D eigenvalue weighted by Gasteiger charge is -2.17. The molecular weight excluding hydrogens is 264 g/mol. The van der Waals surface area contributed by atoms with Gasteiger partial charge in [-0.05, 0) is 42.5 Å². The van der Waals surface area contributed by atoms with Crippen LogP contribution >= 0.6 is 11.3 Å². The molecule has 0 bridgehead atoms. The predicted molar refractivity (Wildman–Crippen MR) is 75.5 cm³/mol. The number of thiophene rings is 1. The van der Waals surface area contributed by atoms with Crippen LogP contribution in [0, 0.1) is 11.6 Å². The van der Waals surface area contributed by atoms with Gasteiger partial charge >= 0.3 is 0 Å². The second-order valence-electron chi connectivity index (χ2n) is 4.46. The van der Waals surface area contributed by atoms with E-state index in [0.29, 0.717) is 12.0 Å². The minimum Gasteiger partial charge on any atom is -0.314 e. The molecule has 0 aliphatic carbocycles. The molecule has 1 N–H and O–H groups in total. The number of nitrogens with one attached hydrogen (secondary N) is 1. The van der Waals surface area contributed by atoms with Gasteiger partial charge in [0, 0.05) is 10.9 Å². The van der Waals surface area contributed by atoms with E-state index in [1.807, 2.05) is 18.4 Å². The normalized spacial score (nSPS) is 12.6. The van der Waals surface area contributed by atoms with E-state index >= 15 is 0 Å². The first-order valence-corrected chi connectivity index (χ1v) is 7.27. The Hall–Kier alpha value is -1.26. The topological polar surface area (TPSA) is 12.0 Å². The van der Waals surface area contributed by atoms with E-state index in [-0.39, 0.29) is 6.04 Å². The average Bonchev–Trinajstić information content (AvgIpc) is 2.88. The number of benzene rings is 1. The molecule has 0 saturated heterocycles. The van der Waals surface area contributed by atoms with Crippen LogP contribution in [0.25, 0.3) is 0 Å². The number of rotatable bonds is 6. The summed E-state index contributed by atoms with van der Waals surface area (Å²) in [4.78, 5) is 1.25.